The minimum atomic E-state index is -4.52. The van der Waals surface area contributed by atoms with Crippen LogP contribution in [0.2, 0.25) is 0 Å². The number of amides is 1. The molecule has 0 spiro atoms. The van der Waals surface area contributed by atoms with Gasteiger partial charge in [-0.3, -0.25) is 10.1 Å². The molecule has 0 radical (unpaired) electrons. The van der Waals surface area contributed by atoms with Crippen LogP contribution in [-0.2, 0) is 20.8 Å². The second-order valence-corrected chi connectivity index (χ2v) is 8.91. The van der Waals surface area contributed by atoms with Crippen LogP contribution in [0.3, 0.4) is 0 Å². The summed E-state index contributed by atoms with van der Waals surface area (Å²) in [7, 11) is -3.15. The summed E-state index contributed by atoms with van der Waals surface area (Å²) < 4.78 is 62.1. The average Bonchev–Trinajstić information content (AvgIpc) is 2.98. The molecule has 2 aromatic carbocycles. The number of anilines is 1. The van der Waals surface area contributed by atoms with Gasteiger partial charge in [0.15, 0.2) is 9.84 Å². The lowest BCUT2D eigenvalue weighted by Gasteiger charge is -2.22. The first kappa shape index (κ1) is 20.3. The number of alkyl halides is 3. The van der Waals surface area contributed by atoms with Crippen molar-refractivity contribution < 1.29 is 26.4 Å². The quantitative estimate of drug-likeness (QED) is 0.791. The lowest BCUT2D eigenvalue weighted by atomic mass is 10.0. The number of rotatable bonds is 5. The van der Waals surface area contributed by atoms with Crippen molar-refractivity contribution in [3.05, 3.63) is 65.7 Å². The third-order valence-electron chi connectivity index (χ3n) is 4.49. The monoisotopic (exact) mass is 412 g/mol. The van der Waals surface area contributed by atoms with Crippen LogP contribution in [0.15, 0.2) is 54.6 Å². The van der Waals surface area contributed by atoms with Crippen LogP contribution in [0, 0.1) is 0 Å². The van der Waals surface area contributed by atoms with Gasteiger partial charge >= 0.3 is 6.18 Å². The first-order valence-electron chi connectivity index (χ1n) is 8.64. The van der Waals surface area contributed by atoms with Crippen molar-refractivity contribution in [2.45, 2.75) is 24.7 Å². The van der Waals surface area contributed by atoms with E-state index in [0.717, 1.165) is 12.1 Å². The zero-order valence-corrected chi connectivity index (χ0v) is 15.6. The van der Waals surface area contributed by atoms with Crippen molar-refractivity contribution in [2.75, 3.05) is 16.8 Å². The van der Waals surface area contributed by atoms with E-state index in [-0.39, 0.29) is 17.2 Å². The van der Waals surface area contributed by atoms with Gasteiger partial charge in [0.2, 0.25) is 5.91 Å². The van der Waals surface area contributed by atoms with Crippen molar-refractivity contribution in [2.24, 2.45) is 0 Å². The average molecular weight is 412 g/mol. The van der Waals surface area contributed by atoms with Gasteiger partial charge in [-0.1, -0.05) is 36.4 Å². The molecule has 0 unspecified atom stereocenters. The fourth-order valence-electron chi connectivity index (χ4n) is 3.12. The molecule has 2 aromatic rings. The van der Waals surface area contributed by atoms with Crippen molar-refractivity contribution in [3.63, 3.8) is 0 Å². The first-order valence-corrected chi connectivity index (χ1v) is 10.5. The maximum absolute atomic E-state index is 12.9. The second kappa shape index (κ2) is 7.92. The van der Waals surface area contributed by atoms with Gasteiger partial charge in [0.25, 0.3) is 0 Å². The molecule has 1 amide bonds. The van der Waals surface area contributed by atoms with Gasteiger partial charge in [0, 0.05) is 11.7 Å². The Morgan fingerprint density at radius 2 is 1.79 bits per heavy atom. The molecule has 1 aliphatic heterocycles. The predicted octanol–water partition coefficient (Wildman–Crippen LogP) is 3.16. The van der Waals surface area contributed by atoms with E-state index in [1.54, 1.807) is 30.3 Å². The van der Waals surface area contributed by atoms with Gasteiger partial charge in [-0.25, -0.2) is 8.42 Å². The number of halogens is 3. The summed E-state index contributed by atoms with van der Waals surface area (Å²) in [6.07, 6.45) is -4.14. The number of benzene rings is 2. The highest BCUT2D eigenvalue weighted by Gasteiger charge is 2.33. The standard InChI is InChI=1S/C19H19F3N2O3S/c20-19(21,22)14-7-4-8-15(11-14)24-18(25)17(13-5-2-1-3-6-13)23-16-9-10-28(26,27)12-16/h1-8,11,16-17,23H,9-10,12H2,(H,24,25)/t16-,17+/m1/s1. The molecule has 0 aliphatic carbocycles. The van der Waals surface area contributed by atoms with Crippen LogP contribution < -0.4 is 10.6 Å². The van der Waals surface area contributed by atoms with Crippen LogP contribution in [-0.4, -0.2) is 31.9 Å². The Morgan fingerprint density at radius 1 is 1.07 bits per heavy atom. The Labute approximate surface area is 160 Å². The van der Waals surface area contributed by atoms with Crippen molar-refractivity contribution in [1.29, 1.82) is 0 Å². The highest BCUT2D eigenvalue weighted by molar-refractivity contribution is 7.91. The van der Waals surface area contributed by atoms with E-state index in [2.05, 4.69) is 10.6 Å². The summed E-state index contributed by atoms with van der Waals surface area (Å²) in [4.78, 5) is 12.8. The molecule has 9 heteroatoms. The third-order valence-corrected chi connectivity index (χ3v) is 6.26. The molecule has 150 valence electrons. The summed E-state index contributed by atoms with van der Waals surface area (Å²) in [6, 6.07) is 11.7. The molecule has 3 rings (SSSR count). The van der Waals surface area contributed by atoms with Gasteiger partial charge in [-0.2, -0.15) is 13.2 Å². The van der Waals surface area contributed by atoms with Crippen LogP contribution >= 0.6 is 0 Å². The van der Waals surface area contributed by atoms with Crippen LogP contribution in [0.5, 0.6) is 0 Å². The van der Waals surface area contributed by atoms with Crippen molar-refractivity contribution >= 4 is 21.4 Å². The molecule has 1 heterocycles. The van der Waals surface area contributed by atoms with Gasteiger partial charge in [-0.05, 0) is 30.2 Å². The van der Waals surface area contributed by atoms with Crippen molar-refractivity contribution in [3.8, 4) is 0 Å². The molecule has 5 nitrogen and oxygen atoms in total. The largest absolute Gasteiger partial charge is 0.416 e. The van der Waals surface area contributed by atoms with E-state index < -0.39 is 39.6 Å². The second-order valence-electron chi connectivity index (χ2n) is 6.68. The fraction of sp³-hybridized carbons (Fsp3) is 0.316. The van der Waals surface area contributed by atoms with E-state index in [0.29, 0.717) is 12.0 Å². The first-order chi connectivity index (χ1) is 13.1. The number of hydrogen-bond acceptors (Lipinski definition) is 4. The summed E-state index contributed by atoms with van der Waals surface area (Å²) >= 11 is 0. The lowest BCUT2D eigenvalue weighted by Crippen LogP contribution is -2.40. The van der Waals surface area contributed by atoms with Crippen molar-refractivity contribution in [1.82, 2.24) is 5.32 Å². The van der Waals surface area contributed by atoms with E-state index in [4.69, 9.17) is 0 Å². The maximum atomic E-state index is 12.9. The Morgan fingerprint density at radius 3 is 2.39 bits per heavy atom. The smallest absolute Gasteiger partial charge is 0.324 e. The molecule has 1 saturated heterocycles. The zero-order valence-electron chi connectivity index (χ0n) is 14.7. The highest BCUT2D eigenvalue weighted by atomic mass is 32.2. The normalized spacial score (nSPS) is 19.9. The van der Waals surface area contributed by atoms with Gasteiger partial charge in [-0.15, -0.1) is 0 Å². The molecule has 0 aromatic heterocycles. The van der Waals surface area contributed by atoms with Gasteiger partial charge in [0.1, 0.15) is 6.04 Å². The Hall–Kier alpha value is -2.39. The SMILES string of the molecule is O=C(Nc1cccc(C(F)(F)F)c1)[C@@H](N[C@@H]1CCS(=O)(=O)C1)c1ccccc1. The molecule has 0 bridgehead atoms. The Balaban J connectivity index is 1.81. The maximum Gasteiger partial charge on any atom is 0.416 e. The molecule has 2 N–H and O–H groups in total. The van der Waals surface area contributed by atoms with Gasteiger partial charge < -0.3 is 5.32 Å². The van der Waals surface area contributed by atoms with E-state index in [9.17, 15) is 26.4 Å². The topological polar surface area (TPSA) is 75.3 Å². The summed E-state index contributed by atoms with van der Waals surface area (Å²) in [5, 5.41) is 5.54. The Kier molecular flexibility index (Phi) is 5.76. The van der Waals surface area contributed by atoms with Crippen LogP contribution in [0.1, 0.15) is 23.6 Å². The number of nitrogens with one attached hydrogen (secondary N) is 2. The van der Waals surface area contributed by atoms with Crippen LogP contribution in [0.4, 0.5) is 18.9 Å². The summed E-state index contributed by atoms with van der Waals surface area (Å²) in [6.45, 7) is 0. The predicted molar refractivity (Wildman–Crippen MR) is 99.5 cm³/mol. The number of carbonyl (C=O) groups excluding carboxylic acids is 1. The number of hydrogen-bond donors (Lipinski definition) is 2. The van der Waals surface area contributed by atoms with Crippen LogP contribution in [0.25, 0.3) is 0 Å². The molecular weight excluding hydrogens is 393 g/mol. The number of sulfone groups is 1. The van der Waals surface area contributed by atoms with E-state index >= 15 is 0 Å². The molecule has 2 atom stereocenters. The van der Waals surface area contributed by atoms with E-state index in [1.165, 1.54) is 12.1 Å². The molecule has 1 fully saturated rings. The minimum absolute atomic E-state index is 0.0154. The highest BCUT2D eigenvalue weighted by Crippen LogP contribution is 2.31. The molecule has 28 heavy (non-hydrogen) atoms. The lowest BCUT2D eigenvalue weighted by molar-refractivity contribution is -0.137. The minimum Gasteiger partial charge on any atom is -0.324 e. The van der Waals surface area contributed by atoms with Gasteiger partial charge in [0.05, 0.1) is 17.1 Å². The summed E-state index contributed by atoms with van der Waals surface area (Å²) in [5.41, 5.74) is -0.255. The van der Waals surface area contributed by atoms with E-state index in [1.807, 2.05) is 0 Å². The molecular formula is C19H19F3N2O3S. The Bertz CT molecular complexity index is 946. The fourth-order valence-corrected chi connectivity index (χ4v) is 4.80. The molecule has 1 aliphatic rings. The zero-order chi connectivity index (χ0) is 20.4. The number of carbonyl (C=O) groups is 1. The summed E-state index contributed by atoms with van der Waals surface area (Å²) in [5.74, 6) is -0.593. The molecule has 0 saturated carbocycles. The third kappa shape index (κ3) is 5.11.